The maximum atomic E-state index is 12.6. The van der Waals surface area contributed by atoms with Gasteiger partial charge < -0.3 is 21.1 Å². The first kappa shape index (κ1) is 22.3. The molecule has 0 aliphatic carbocycles. The minimum absolute atomic E-state index is 0.0872. The number of benzene rings is 2. The number of nitrogens with one attached hydrogen (secondary N) is 2. The number of likely N-dealkylation sites (N-methyl/N-ethyl adjacent to an activating group) is 1. The lowest BCUT2D eigenvalue weighted by molar-refractivity contribution is -0.117. The Labute approximate surface area is 185 Å². The van der Waals surface area contributed by atoms with Gasteiger partial charge in [0.05, 0.1) is 25.4 Å². The minimum atomic E-state index is -0.298. The monoisotopic (exact) mass is 441 g/mol. The number of carbonyl (C=O) groups excluding carboxylic acids is 1. The average Bonchev–Trinajstić information content (AvgIpc) is 2.73. The molecule has 0 aliphatic heterocycles. The molecule has 1 atom stereocenters. The Balaban J connectivity index is 1.69. The van der Waals surface area contributed by atoms with Gasteiger partial charge in [0.1, 0.15) is 5.75 Å². The second kappa shape index (κ2) is 10.1. The first-order valence-electron chi connectivity index (χ1n) is 9.53. The lowest BCUT2D eigenvalue weighted by Crippen LogP contribution is -2.33. The van der Waals surface area contributed by atoms with Crippen molar-refractivity contribution in [2.75, 3.05) is 37.1 Å². The molecule has 1 heterocycles. The summed E-state index contributed by atoms with van der Waals surface area (Å²) in [4.78, 5) is 27.2. The highest BCUT2D eigenvalue weighted by atomic mass is 35.5. The molecule has 0 bridgehead atoms. The van der Waals surface area contributed by atoms with Crippen molar-refractivity contribution in [2.24, 2.45) is 0 Å². The Morgan fingerprint density at radius 3 is 2.65 bits per heavy atom. The van der Waals surface area contributed by atoms with E-state index in [4.69, 9.17) is 22.1 Å². The molecule has 4 N–H and O–H groups in total. The highest BCUT2D eigenvalue weighted by Gasteiger charge is 2.20. The molecule has 1 amide bonds. The fourth-order valence-corrected chi connectivity index (χ4v) is 3.00. The molecule has 1 aromatic heterocycles. The molecule has 9 nitrogen and oxygen atoms in total. The van der Waals surface area contributed by atoms with E-state index in [1.54, 1.807) is 30.1 Å². The number of para-hydroxylation sites is 1. The number of hydrogen-bond acceptors (Lipinski definition) is 8. The third-order valence-electron chi connectivity index (χ3n) is 4.56. The van der Waals surface area contributed by atoms with Gasteiger partial charge in [0.25, 0.3) is 0 Å². The van der Waals surface area contributed by atoms with Gasteiger partial charge in [-0.15, -0.1) is 0 Å². The number of nitrogens with zero attached hydrogens (tertiary/aromatic N) is 4. The number of anilines is 4. The number of halogens is 1. The topological polar surface area (TPSA) is 118 Å². The smallest absolute Gasteiger partial charge is 0.238 e. The first-order valence-corrected chi connectivity index (χ1v) is 9.90. The summed E-state index contributed by atoms with van der Waals surface area (Å²) in [7, 11) is 3.32. The summed E-state index contributed by atoms with van der Waals surface area (Å²) in [6.45, 7) is 1.97. The van der Waals surface area contributed by atoms with Gasteiger partial charge in [-0.25, -0.2) is 0 Å². The molecule has 0 saturated carbocycles. The van der Waals surface area contributed by atoms with Crippen LogP contribution in [0.25, 0.3) is 0 Å². The number of aromatic nitrogens is 3. The summed E-state index contributed by atoms with van der Waals surface area (Å²) in [6, 6.07) is 14.2. The first-order chi connectivity index (χ1) is 14.9. The van der Waals surface area contributed by atoms with E-state index in [9.17, 15) is 4.79 Å². The van der Waals surface area contributed by atoms with E-state index < -0.39 is 0 Å². The normalized spacial score (nSPS) is 11.8. The van der Waals surface area contributed by atoms with Crippen LogP contribution in [0.3, 0.4) is 0 Å². The molecular formula is C21H24ClN7O2. The Hall–Kier alpha value is -3.43. The molecule has 3 rings (SSSR count). The predicted octanol–water partition coefficient (Wildman–Crippen LogP) is 3.49. The second-order valence-corrected chi connectivity index (χ2v) is 7.29. The van der Waals surface area contributed by atoms with Gasteiger partial charge in [0.2, 0.25) is 17.8 Å². The molecule has 0 spiro atoms. The number of rotatable bonds is 8. The molecule has 31 heavy (non-hydrogen) atoms. The number of carbonyl (C=O) groups is 1. The van der Waals surface area contributed by atoms with Gasteiger partial charge in [0, 0.05) is 10.7 Å². The van der Waals surface area contributed by atoms with Crippen LogP contribution in [0.4, 0.5) is 23.3 Å². The zero-order valence-corrected chi connectivity index (χ0v) is 18.2. The maximum Gasteiger partial charge on any atom is 0.238 e. The molecule has 0 saturated heterocycles. The zero-order valence-electron chi connectivity index (χ0n) is 17.5. The van der Waals surface area contributed by atoms with Crippen molar-refractivity contribution in [3.8, 4) is 5.75 Å². The van der Waals surface area contributed by atoms with Crippen molar-refractivity contribution in [3.63, 3.8) is 0 Å². The summed E-state index contributed by atoms with van der Waals surface area (Å²) in [5, 5.41) is 6.42. The van der Waals surface area contributed by atoms with Crippen LogP contribution in [0.1, 0.15) is 18.8 Å². The van der Waals surface area contributed by atoms with Crippen LogP contribution in [0.5, 0.6) is 5.75 Å². The molecular weight excluding hydrogens is 418 g/mol. The number of methoxy groups -OCH3 is 1. The van der Waals surface area contributed by atoms with Crippen LogP contribution >= 0.6 is 11.6 Å². The van der Waals surface area contributed by atoms with Crippen LogP contribution in [0.2, 0.25) is 5.02 Å². The zero-order chi connectivity index (χ0) is 22.4. The largest absolute Gasteiger partial charge is 0.495 e. The van der Waals surface area contributed by atoms with Crippen molar-refractivity contribution >= 4 is 40.8 Å². The maximum absolute atomic E-state index is 12.6. The molecule has 0 radical (unpaired) electrons. The molecule has 10 heteroatoms. The van der Waals surface area contributed by atoms with Gasteiger partial charge in [0.15, 0.2) is 5.82 Å². The molecule has 0 aliphatic rings. The fraction of sp³-hybridized carbons (Fsp3) is 0.238. The molecule has 1 unspecified atom stereocenters. The van der Waals surface area contributed by atoms with E-state index in [2.05, 4.69) is 25.6 Å². The van der Waals surface area contributed by atoms with Crippen molar-refractivity contribution in [1.29, 1.82) is 0 Å². The average molecular weight is 442 g/mol. The summed E-state index contributed by atoms with van der Waals surface area (Å²) in [5.41, 5.74) is 7.20. The van der Waals surface area contributed by atoms with Crippen LogP contribution in [-0.2, 0) is 4.79 Å². The number of ether oxygens (including phenoxy) is 1. The van der Waals surface area contributed by atoms with Crippen molar-refractivity contribution in [3.05, 3.63) is 59.4 Å². The highest BCUT2D eigenvalue weighted by molar-refractivity contribution is 6.31. The third-order valence-corrected chi connectivity index (χ3v) is 4.80. The van der Waals surface area contributed by atoms with Crippen molar-refractivity contribution in [1.82, 2.24) is 19.9 Å². The van der Waals surface area contributed by atoms with E-state index in [0.29, 0.717) is 28.2 Å². The van der Waals surface area contributed by atoms with Crippen LogP contribution in [0.15, 0.2) is 48.5 Å². The molecule has 3 aromatic rings. The summed E-state index contributed by atoms with van der Waals surface area (Å²) < 4.78 is 5.26. The summed E-state index contributed by atoms with van der Waals surface area (Å²) >= 11 is 6.02. The number of amides is 1. The summed E-state index contributed by atoms with van der Waals surface area (Å²) in [6.07, 6.45) is 0. The Kier molecular flexibility index (Phi) is 7.22. The van der Waals surface area contributed by atoms with Gasteiger partial charge >= 0.3 is 0 Å². The Morgan fingerprint density at radius 1 is 1.19 bits per heavy atom. The van der Waals surface area contributed by atoms with Crippen LogP contribution < -0.4 is 21.1 Å². The molecule has 0 fully saturated rings. The van der Waals surface area contributed by atoms with E-state index in [1.807, 2.05) is 37.3 Å². The predicted molar refractivity (Wildman–Crippen MR) is 122 cm³/mol. The standard InChI is InChI=1S/C21H24ClN7O2/c1-13(19-26-20(23)28-21(27-19)24-15-7-5-4-6-8-15)29(2)12-18(30)25-16-11-14(22)9-10-17(16)31-3/h4-11,13H,12H2,1-3H3,(H,25,30)(H3,23,24,26,27,28). The van der Waals surface area contributed by atoms with E-state index in [0.717, 1.165) is 5.69 Å². The SMILES string of the molecule is COc1ccc(Cl)cc1NC(=O)CN(C)C(C)c1nc(N)nc(Nc2ccccc2)n1. The minimum Gasteiger partial charge on any atom is -0.495 e. The Morgan fingerprint density at radius 2 is 1.94 bits per heavy atom. The number of nitrogen functional groups attached to an aromatic ring is 1. The lowest BCUT2D eigenvalue weighted by atomic mass is 10.2. The van der Waals surface area contributed by atoms with Gasteiger partial charge in [-0.2, -0.15) is 15.0 Å². The highest BCUT2D eigenvalue weighted by Crippen LogP contribution is 2.28. The van der Waals surface area contributed by atoms with E-state index in [1.165, 1.54) is 7.11 Å². The van der Waals surface area contributed by atoms with Crippen molar-refractivity contribution < 1.29 is 9.53 Å². The Bertz CT molecular complexity index is 1050. The van der Waals surface area contributed by atoms with Gasteiger partial charge in [-0.3, -0.25) is 9.69 Å². The third kappa shape index (κ3) is 6.03. The van der Waals surface area contributed by atoms with Crippen LogP contribution in [-0.4, -0.2) is 46.5 Å². The summed E-state index contributed by atoms with van der Waals surface area (Å²) in [5.74, 6) is 1.16. The second-order valence-electron chi connectivity index (χ2n) is 6.85. The van der Waals surface area contributed by atoms with Crippen molar-refractivity contribution in [2.45, 2.75) is 13.0 Å². The quantitative estimate of drug-likeness (QED) is 0.486. The molecule has 162 valence electrons. The lowest BCUT2D eigenvalue weighted by Gasteiger charge is -2.23. The number of hydrogen-bond donors (Lipinski definition) is 3. The van der Waals surface area contributed by atoms with Gasteiger partial charge in [-0.05, 0) is 44.3 Å². The fourth-order valence-electron chi connectivity index (χ4n) is 2.83. The molecule has 2 aromatic carbocycles. The van der Waals surface area contributed by atoms with Crippen LogP contribution in [0, 0.1) is 0 Å². The van der Waals surface area contributed by atoms with E-state index in [-0.39, 0.29) is 24.4 Å². The number of nitrogens with two attached hydrogens (primary N) is 1. The van der Waals surface area contributed by atoms with E-state index >= 15 is 0 Å². The van der Waals surface area contributed by atoms with Gasteiger partial charge in [-0.1, -0.05) is 29.8 Å².